The maximum Gasteiger partial charge on any atom is 0.308 e. The zero-order valence-electron chi connectivity index (χ0n) is 83.0. The lowest BCUT2D eigenvalue weighted by atomic mass is 9.81. The second-order valence-corrected chi connectivity index (χ2v) is 42.0. The molecule has 31 nitrogen and oxygen atoms in total. The first-order valence-corrected chi connectivity index (χ1v) is 49.3. The molecule has 6 aliphatic rings. The second-order valence-electron chi connectivity index (χ2n) is 40.6. The van der Waals surface area contributed by atoms with Gasteiger partial charge in [0, 0.05) is 138 Å². The van der Waals surface area contributed by atoms with Crippen molar-refractivity contribution in [1.29, 1.82) is 0 Å². The minimum Gasteiger partial charge on any atom is -0.469 e. The Hall–Kier alpha value is -14.7. The minimum absolute atomic E-state index is 0.0512. The van der Waals surface area contributed by atoms with E-state index in [0.29, 0.717) is 169 Å². The zero-order valence-corrected chi connectivity index (χ0v) is 85.3. The van der Waals surface area contributed by atoms with Gasteiger partial charge in [0.25, 0.3) is 29.5 Å². The molecule has 0 spiro atoms. The van der Waals surface area contributed by atoms with Crippen molar-refractivity contribution in [2.75, 3.05) is 85.6 Å². The van der Waals surface area contributed by atoms with Gasteiger partial charge in [-0.05, 0) is 225 Å². The summed E-state index contributed by atoms with van der Waals surface area (Å²) in [5.74, 6) is -2.73. The minimum atomic E-state index is -1.03. The van der Waals surface area contributed by atoms with Crippen molar-refractivity contribution in [2.45, 2.75) is 149 Å². The van der Waals surface area contributed by atoms with Gasteiger partial charge in [0.1, 0.15) is 51.6 Å². The molecule has 13 heterocycles. The van der Waals surface area contributed by atoms with Gasteiger partial charge >= 0.3 is 5.97 Å². The Balaban J connectivity index is 0.000000134. The van der Waals surface area contributed by atoms with Crippen molar-refractivity contribution in [3.63, 3.8) is 0 Å². The molecule has 6 aromatic carbocycles. The molecule has 20 rings (SSSR count). The standard InChI is InChI=1S/C32H40BrN5O4.C29H25F2N7O2.C25H21F2N5O2.C22H26ClN5O/c1-31(2,3)24-17-25(20-11-13-23(33)14-12-20)35-38-18-26(34-27(24)38)29(40)37-16-15-36(19-32(37,4)5)28(39)21-7-9-22(10-8-21)30(41)42-6;1-29(2)17-36(28(40)25-32-11-12-33-25)13-14-37(29)27(39)24-16-38-26(34-24)22(18-3-7-20(30)8-4-18)15-23(35-38)19-5-9-21(31)10-6-19;1-25(2)24(34)28-11-12-31(25)23(33)21-14-32-22(29-21)19(15-3-7-17(26)8-4-15)13-20(30-32)16-5-9-18(27)10-6-16;1-14(2)17-11-18(15-5-7-16(23)8-6-15)26-28-12-19(25-20(17)28)21(29)27-10-9-24-13-22(27,3)4/h11-14,17-18,21-22H,7-10,15-16,19H2,1-6H3;3-11,15-16H,12-14,17H2,1-2H3;3-10,13-14H,11-12H2,1-2H3,(H,28,34);5-8,11-12,14,24H,9-10,13H2,1-4H3. The number of imidazole rings is 4. The first-order valence-electron chi connectivity index (χ1n) is 48.2. The number of amidine groups is 1. The van der Waals surface area contributed by atoms with Crippen molar-refractivity contribution in [3.8, 4) is 67.3 Å². The van der Waals surface area contributed by atoms with Crippen molar-refractivity contribution in [3.05, 3.63) is 261 Å². The molecule has 5 aliphatic heterocycles. The number of rotatable bonds is 14. The number of hydrogen-bond acceptors (Lipinski definition) is 20. The first kappa shape index (κ1) is 102. The van der Waals surface area contributed by atoms with Gasteiger partial charge in [-0.25, -0.2) is 60.6 Å². The number of piperazine rings is 4. The number of esters is 1. The predicted octanol–water partition coefficient (Wildman–Crippen LogP) is 17.1. The fourth-order valence-corrected chi connectivity index (χ4v) is 19.6. The Morgan fingerprint density at radius 3 is 1.28 bits per heavy atom. The Bertz CT molecular complexity index is 7400. The molecule has 0 radical (unpaired) electrons. The van der Waals surface area contributed by atoms with Gasteiger partial charge in [0.2, 0.25) is 17.6 Å². The van der Waals surface area contributed by atoms with E-state index >= 15 is 0 Å². The lowest BCUT2D eigenvalue weighted by molar-refractivity contribution is -0.149. The maximum absolute atomic E-state index is 13.9. The smallest absolute Gasteiger partial charge is 0.308 e. The number of carbonyl (C=O) groups excluding carboxylic acids is 8. The van der Waals surface area contributed by atoms with E-state index in [1.807, 2.05) is 90.9 Å². The Labute approximate surface area is 848 Å². The van der Waals surface area contributed by atoms with Crippen molar-refractivity contribution in [2.24, 2.45) is 21.8 Å². The highest BCUT2D eigenvalue weighted by Crippen LogP contribution is 2.39. The van der Waals surface area contributed by atoms with Crippen molar-refractivity contribution < 1.29 is 60.7 Å². The van der Waals surface area contributed by atoms with Crippen LogP contribution in [0.25, 0.3) is 89.9 Å². The summed E-state index contributed by atoms with van der Waals surface area (Å²) < 4.78 is 66.6. The number of nitrogens with one attached hydrogen (secondary N) is 2. The number of methoxy groups -OCH3 is 1. The van der Waals surface area contributed by atoms with E-state index in [1.54, 1.807) is 118 Å². The molecule has 4 saturated heterocycles. The van der Waals surface area contributed by atoms with Gasteiger partial charge in [-0.15, -0.1) is 0 Å². The molecule has 5 fully saturated rings. The van der Waals surface area contributed by atoms with Crippen LogP contribution in [-0.2, 0) is 29.3 Å². The molecule has 8 aromatic heterocycles. The number of carbonyl (C=O) groups is 8. The number of halogens is 6. The van der Waals surface area contributed by atoms with Crippen LogP contribution >= 0.6 is 27.5 Å². The number of aliphatic imine (C=N–C) groups is 2. The second kappa shape index (κ2) is 41.2. The largest absolute Gasteiger partial charge is 0.469 e. The van der Waals surface area contributed by atoms with E-state index in [1.165, 1.54) is 75.8 Å². The number of ether oxygens (including phenoxy) is 1. The van der Waals surface area contributed by atoms with Crippen LogP contribution < -0.4 is 10.6 Å². The first-order chi connectivity index (χ1) is 69.0. The van der Waals surface area contributed by atoms with Gasteiger partial charge in [-0.1, -0.05) is 111 Å². The summed E-state index contributed by atoms with van der Waals surface area (Å²) >= 11 is 9.53. The highest BCUT2D eigenvalue weighted by atomic mass is 79.9. The fourth-order valence-electron chi connectivity index (χ4n) is 19.2. The highest BCUT2D eigenvalue weighted by molar-refractivity contribution is 9.10. The summed E-state index contributed by atoms with van der Waals surface area (Å²) in [5, 5.41) is 25.6. The summed E-state index contributed by atoms with van der Waals surface area (Å²) in [6, 6.07) is 47.0. The van der Waals surface area contributed by atoms with Crippen molar-refractivity contribution >= 4 is 109 Å². The number of aromatic nitrogens is 12. The van der Waals surface area contributed by atoms with Crippen LogP contribution in [0.4, 0.5) is 17.6 Å². The number of hydrogen-bond donors (Lipinski definition) is 2. The Kier molecular flexibility index (Phi) is 29.0. The molecule has 2 N–H and O–H groups in total. The zero-order chi connectivity index (χ0) is 103. The van der Waals surface area contributed by atoms with E-state index < -0.39 is 22.5 Å². The van der Waals surface area contributed by atoms with Gasteiger partial charge in [-0.3, -0.25) is 43.3 Å². The molecule has 1 saturated carbocycles. The Morgan fingerprint density at radius 2 is 0.841 bits per heavy atom. The monoisotopic (exact) mass is 2050 g/mol. The maximum atomic E-state index is 13.9. The van der Waals surface area contributed by atoms with E-state index in [-0.39, 0.29) is 111 Å². The molecule has 0 unspecified atom stereocenters. The van der Waals surface area contributed by atoms with E-state index in [0.717, 1.165) is 56.9 Å². The molecular formula is C108H112BrClF4N22O9. The fraction of sp³-hybridized carbons (Fsp3) is 0.352. The molecule has 0 bridgehead atoms. The third-order valence-electron chi connectivity index (χ3n) is 27.3. The molecule has 37 heteroatoms. The summed E-state index contributed by atoms with van der Waals surface area (Å²) in [6.45, 7) is 31.6. The normalized spacial score (nSPS) is 17.5. The van der Waals surface area contributed by atoms with Crippen LogP contribution in [0.5, 0.6) is 0 Å². The average Bonchev–Trinajstić information content (AvgIpc) is 1.61. The predicted molar refractivity (Wildman–Crippen MR) is 548 cm³/mol. The van der Waals surface area contributed by atoms with Crippen LogP contribution in [0.1, 0.15) is 175 Å². The third-order valence-corrected chi connectivity index (χ3v) is 28.1. The molecule has 145 heavy (non-hydrogen) atoms. The molecule has 14 aromatic rings. The van der Waals surface area contributed by atoms with E-state index in [4.69, 9.17) is 36.5 Å². The summed E-state index contributed by atoms with van der Waals surface area (Å²) in [6.07, 6.45) is 10.9. The van der Waals surface area contributed by atoms with Gasteiger partial charge < -0.3 is 44.8 Å². The lowest BCUT2D eigenvalue weighted by Crippen LogP contribution is -2.63. The SMILES string of the molecule is CC(C)c1cc(-c2ccc(Cl)cc2)nn2cc(C(=O)N3CCNCC3(C)C)nc12.CC1(C)C(=O)NCCN1C(=O)c1cn2nc(-c3ccc(F)cc3)cc(-c3ccc(F)cc3)c2n1.CC1(C)CN(C(=O)C2=NCC=N2)CCN1C(=O)c1cn2nc(-c3ccc(F)cc3)cc(-c3ccc(F)cc3)c2n1.COC(=O)C1CCC(C(=O)N2CCN(C(=O)c3cn4nc(-c5ccc(Br)cc5)cc(C(C)(C)C)c4n3)C(C)(C)C2)CC1. The van der Waals surface area contributed by atoms with Crippen LogP contribution in [-0.4, -0.2) is 255 Å². The van der Waals surface area contributed by atoms with Crippen molar-refractivity contribution in [1.82, 2.24) is 98.4 Å². The molecular weight excluding hydrogens is 1940 g/mol. The van der Waals surface area contributed by atoms with Crippen LogP contribution in [0.2, 0.25) is 5.02 Å². The molecule has 7 amide bonds. The topological polar surface area (TPSA) is 335 Å². The Morgan fingerprint density at radius 1 is 0.455 bits per heavy atom. The summed E-state index contributed by atoms with van der Waals surface area (Å²) in [7, 11) is 1.41. The van der Waals surface area contributed by atoms with Gasteiger partial charge in [0.15, 0.2) is 22.6 Å². The van der Waals surface area contributed by atoms with Gasteiger partial charge in [0.05, 0.1) is 83.8 Å². The van der Waals surface area contributed by atoms with Crippen LogP contribution in [0.15, 0.2) is 209 Å². The molecule has 0 atom stereocenters. The average molecular weight is 2050 g/mol. The number of nitrogens with zero attached hydrogens (tertiary/aromatic N) is 20. The van der Waals surface area contributed by atoms with E-state index in [2.05, 4.69) is 117 Å². The number of benzene rings is 6. The lowest BCUT2D eigenvalue weighted by Gasteiger charge is -2.47. The quantitative estimate of drug-likeness (QED) is 0.0754. The molecule has 750 valence electrons. The number of amides is 7. The highest BCUT2D eigenvalue weighted by Gasteiger charge is 2.46. The summed E-state index contributed by atoms with van der Waals surface area (Å²) in [4.78, 5) is 142. The van der Waals surface area contributed by atoms with Crippen LogP contribution in [0, 0.1) is 35.1 Å². The number of fused-ring (bicyclic) bond motifs is 4. The molecule has 1 aliphatic carbocycles. The van der Waals surface area contributed by atoms with E-state index in [9.17, 15) is 55.9 Å². The third kappa shape index (κ3) is 21.8. The van der Waals surface area contributed by atoms with Gasteiger partial charge in [-0.2, -0.15) is 20.4 Å². The summed E-state index contributed by atoms with van der Waals surface area (Å²) in [5.41, 5.74) is 11.2. The van der Waals surface area contributed by atoms with Crippen LogP contribution in [0.3, 0.4) is 0 Å².